The minimum atomic E-state index is -4.82. The fourth-order valence-corrected chi connectivity index (χ4v) is 6.78. The van der Waals surface area contributed by atoms with Crippen LogP contribution in [0.25, 0.3) is 0 Å². The van der Waals surface area contributed by atoms with E-state index in [2.05, 4.69) is 5.32 Å². The van der Waals surface area contributed by atoms with Crippen LogP contribution in [0.3, 0.4) is 0 Å². The number of aryl methyl sites for hydroxylation is 1. The molecule has 0 aliphatic rings. The number of hydrogen-bond donors (Lipinski definition) is 1. The standard InChI is InChI=1S/C36H37ClF3N3O4S/c1-25(2)22-41-35(45)33(20-27-13-6-4-7-14-27)42(23-28-15-11-10-12-26(28)3)34(44)24-43(48(46,47)30-16-8-5-9-17-30)32-21-29(36(38,39)40)18-19-31(32)37/h4-19,21,25,33H,20,22-24H2,1-3H3,(H,41,45). The van der Waals surface area contributed by atoms with E-state index in [9.17, 15) is 31.2 Å². The van der Waals surface area contributed by atoms with Crippen LogP contribution in [0, 0.1) is 12.8 Å². The van der Waals surface area contributed by atoms with E-state index in [-0.39, 0.29) is 28.8 Å². The summed E-state index contributed by atoms with van der Waals surface area (Å²) >= 11 is 6.38. The van der Waals surface area contributed by atoms with Crippen molar-refractivity contribution in [2.75, 3.05) is 17.4 Å². The molecule has 0 saturated heterocycles. The molecule has 0 aliphatic carbocycles. The third-order valence-corrected chi connectivity index (χ3v) is 9.80. The Labute approximate surface area is 284 Å². The summed E-state index contributed by atoms with van der Waals surface area (Å²) in [6.07, 6.45) is -4.73. The molecular formula is C36H37ClF3N3O4S. The van der Waals surface area contributed by atoms with Gasteiger partial charge in [-0.2, -0.15) is 13.2 Å². The average molecular weight is 700 g/mol. The number of nitrogens with zero attached hydrogens (tertiary/aromatic N) is 2. The highest BCUT2D eigenvalue weighted by Gasteiger charge is 2.37. The lowest BCUT2D eigenvalue weighted by atomic mass is 10.0. The van der Waals surface area contributed by atoms with Crippen LogP contribution in [-0.2, 0) is 38.8 Å². The molecule has 0 aromatic heterocycles. The molecule has 12 heteroatoms. The number of benzene rings is 4. The minimum absolute atomic E-state index is 0.0757. The largest absolute Gasteiger partial charge is 0.416 e. The van der Waals surface area contributed by atoms with Crippen molar-refractivity contribution < 1.29 is 31.2 Å². The molecule has 0 fully saturated rings. The summed E-state index contributed by atoms with van der Waals surface area (Å²) in [4.78, 5) is 29.5. The van der Waals surface area contributed by atoms with Gasteiger partial charge in [-0.3, -0.25) is 13.9 Å². The lowest BCUT2D eigenvalue weighted by Crippen LogP contribution is -2.53. The van der Waals surface area contributed by atoms with Gasteiger partial charge in [-0.05, 0) is 59.9 Å². The molecule has 0 bridgehead atoms. The molecule has 254 valence electrons. The minimum Gasteiger partial charge on any atom is -0.354 e. The summed E-state index contributed by atoms with van der Waals surface area (Å²) in [6.45, 7) is 5.00. The third kappa shape index (κ3) is 9.17. The summed E-state index contributed by atoms with van der Waals surface area (Å²) in [7, 11) is -4.64. The summed E-state index contributed by atoms with van der Waals surface area (Å²) in [5.74, 6) is -1.17. The van der Waals surface area contributed by atoms with Crippen LogP contribution < -0.4 is 9.62 Å². The summed E-state index contributed by atoms with van der Waals surface area (Å²) < 4.78 is 70.4. The van der Waals surface area contributed by atoms with E-state index in [1.165, 1.54) is 29.2 Å². The number of amides is 2. The number of halogens is 4. The first kappa shape index (κ1) is 36.5. The predicted octanol–water partition coefficient (Wildman–Crippen LogP) is 7.27. The fourth-order valence-electron chi connectivity index (χ4n) is 5.06. The second-order valence-corrected chi connectivity index (χ2v) is 14.1. The van der Waals surface area contributed by atoms with Gasteiger partial charge in [0.2, 0.25) is 11.8 Å². The van der Waals surface area contributed by atoms with E-state index in [1.807, 2.05) is 51.1 Å². The number of sulfonamides is 1. The lowest BCUT2D eigenvalue weighted by molar-refractivity contribution is -0.140. The molecule has 4 rings (SSSR count). The van der Waals surface area contributed by atoms with Gasteiger partial charge in [0, 0.05) is 19.5 Å². The number of carbonyl (C=O) groups excluding carboxylic acids is 2. The number of hydrogen-bond acceptors (Lipinski definition) is 4. The topological polar surface area (TPSA) is 86.8 Å². The molecule has 0 saturated carbocycles. The van der Waals surface area contributed by atoms with Gasteiger partial charge >= 0.3 is 6.18 Å². The van der Waals surface area contributed by atoms with Gasteiger partial charge in [-0.15, -0.1) is 0 Å². The van der Waals surface area contributed by atoms with E-state index in [0.717, 1.165) is 23.3 Å². The SMILES string of the molecule is Cc1ccccc1CN(C(=O)CN(c1cc(C(F)(F)F)ccc1Cl)S(=O)(=O)c1ccccc1)C(Cc1ccccc1)C(=O)NCC(C)C. The zero-order valence-electron chi connectivity index (χ0n) is 26.7. The van der Waals surface area contributed by atoms with Crippen LogP contribution in [0.15, 0.2) is 108 Å². The zero-order chi connectivity index (χ0) is 35.1. The number of carbonyl (C=O) groups is 2. The predicted molar refractivity (Wildman–Crippen MR) is 181 cm³/mol. The Balaban J connectivity index is 1.87. The van der Waals surface area contributed by atoms with E-state index in [4.69, 9.17) is 11.6 Å². The maximum absolute atomic E-state index is 14.6. The first-order valence-electron chi connectivity index (χ1n) is 15.3. The zero-order valence-corrected chi connectivity index (χ0v) is 28.3. The van der Waals surface area contributed by atoms with Crippen molar-refractivity contribution in [1.82, 2.24) is 10.2 Å². The van der Waals surface area contributed by atoms with Gasteiger partial charge in [0.05, 0.1) is 21.2 Å². The Kier molecular flexibility index (Phi) is 11.9. The van der Waals surface area contributed by atoms with E-state index in [0.29, 0.717) is 22.5 Å². The second-order valence-electron chi connectivity index (χ2n) is 11.8. The maximum Gasteiger partial charge on any atom is 0.416 e. The molecule has 4 aromatic rings. The van der Waals surface area contributed by atoms with Crippen LogP contribution in [0.2, 0.25) is 5.02 Å². The Hall–Kier alpha value is -4.35. The third-order valence-electron chi connectivity index (χ3n) is 7.71. The smallest absolute Gasteiger partial charge is 0.354 e. The first-order valence-corrected chi connectivity index (χ1v) is 17.1. The molecular weight excluding hydrogens is 663 g/mol. The molecule has 1 unspecified atom stereocenters. The van der Waals surface area contributed by atoms with Crippen LogP contribution in [0.4, 0.5) is 18.9 Å². The molecule has 4 aromatic carbocycles. The molecule has 7 nitrogen and oxygen atoms in total. The normalized spacial score (nSPS) is 12.4. The molecule has 48 heavy (non-hydrogen) atoms. The van der Waals surface area contributed by atoms with Crippen LogP contribution in [0.5, 0.6) is 0 Å². The van der Waals surface area contributed by atoms with Crippen molar-refractivity contribution >= 4 is 39.1 Å². The summed E-state index contributed by atoms with van der Waals surface area (Å²) in [5, 5.41) is 2.59. The van der Waals surface area contributed by atoms with Gasteiger partial charge < -0.3 is 10.2 Å². The van der Waals surface area contributed by atoms with E-state index >= 15 is 0 Å². The second kappa shape index (κ2) is 15.7. The number of rotatable bonds is 13. The van der Waals surface area contributed by atoms with E-state index in [1.54, 1.807) is 30.3 Å². The number of alkyl halides is 3. The first-order chi connectivity index (χ1) is 22.7. The molecule has 0 heterocycles. The number of nitrogens with one attached hydrogen (secondary N) is 1. The van der Waals surface area contributed by atoms with Gasteiger partial charge in [-0.1, -0.05) is 98.2 Å². The molecule has 0 aliphatic heterocycles. The Morgan fingerprint density at radius 2 is 1.48 bits per heavy atom. The van der Waals surface area contributed by atoms with E-state index < -0.39 is 51.9 Å². The highest BCUT2D eigenvalue weighted by molar-refractivity contribution is 7.92. The Bertz CT molecular complexity index is 1820. The van der Waals surface area contributed by atoms with Crippen molar-refractivity contribution in [1.29, 1.82) is 0 Å². The molecule has 1 N–H and O–H groups in total. The van der Waals surface area contributed by atoms with Crippen LogP contribution in [-0.4, -0.2) is 44.3 Å². The quantitative estimate of drug-likeness (QED) is 0.159. The van der Waals surface area contributed by atoms with Gasteiger partial charge in [0.1, 0.15) is 12.6 Å². The van der Waals surface area contributed by atoms with Gasteiger partial charge in [-0.25, -0.2) is 8.42 Å². The van der Waals surface area contributed by atoms with Gasteiger partial charge in [0.25, 0.3) is 10.0 Å². The summed E-state index contributed by atoms with van der Waals surface area (Å²) in [5.41, 5.74) is 0.610. The van der Waals surface area contributed by atoms with Gasteiger partial charge in [0.15, 0.2) is 0 Å². The van der Waals surface area contributed by atoms with Crippen LogP contribution in [0.1, 0.15) is 36.1 Å². The monoisotopic (exact) mass is 699 g/mol. The van der Waals surface area contributed by atoms with Crippen LogP contribution >= 0.6 is 11.6 Å². The maximum atomic E-state index is 14.6. The van der Waals surface area contributed by atoms with Crippen molar-refractivity contribution in [2.24, 2.45) is 5.92 Å². The molecule has 0 spiro atoms. The lowest BCUT2D eigenvalue weighted by Gasteiger charge is -2.34. The Morgan fingerprint density at radius 1 is 0.875 bits per heavy atom. The average Bonchev–Trinajstić information content (AvgIpc) is 3.05. The Morgan fingerprint density at radius 3 is 2.08 bits per heavy atom. The van der Waals surface area contributed by atoms with Crippen molar-refractivity contribution in [3.63, 3.8) is 0 Å². The fraction of sp³-hybridized carbons (Fsp3) is 0.278. The molecule has 1 atom stereocenters. The van der Waals surface area contributed by atoms with Crippen molar-refractivity contribution in [3.8, 4) is 0 Å². The summed E-state index contributed by atoms with van der Waals surface area (Å²) in [6, 6.07) is 24.5. The molecule has 0 radical (unpaired) electrons. The van der Waals surface area contributed by atoms with Crippen molar-refractivity contribution in [3.05, 3.63) is 130 Å². The van der Waals surface area contributed by atoms with Crippen molar-refractivity contribution in [2.45, 2.75) is 50.9 Å². The molecule has 2 amide bonds. The highest BCUT2D eigenvalue weighted by Crippen LogP contribution is 2.37. The number of anilines is 1. The highest BCUT2D eigenvalue weighted by atomic mass is 35.5.